The summed E-state index contributed by atoms with van der Waals surface area (Å²) in [4.78, 5) is 0.187. The van der Waals surface area contributed by atoms with E-state index in [1.807, 2.05) is 0 Å². The zero-order valence-corrected chi connectivity index (χ0v) is 12.0. The quantitative estimate of drug-likeness (QED) is 0.742. The molecular weight excluding hydrogens is 252 g/mol. The number of hydrogen-bond acceptors (Lipinski definition) is 4. The van der Waals surface area contributed by atoms with Gasteiger partial charge in [-0.1, -0.05) is 13.8 Å². The van der Waals surface area contributed by atoms with E-state index in [9.17, 15) is 8.42 Å². The van der Waals surface area contributed by atoms with Crippen LogP contribution in [0.3, 0.4) is 0 Å². The van der Waals surface area contributed by atoms with Crippen molar-refractivity contribution in [2.45, 2.75) is 45.1 Å². The monoisotopic (exact) mass is 274 g/mol. The zero-order valence-electron chi connectivity index (χ0n) is 11.2. The number of furan rings is 1. The average Bonchev–Trinajstić information content (AvgIpc) is 2.66. The molecule has 0 aliphatic heterocycles. The van der Waals surface area contributed by atoms with E-state index in [1.54, 1.807) is 6.92 Å². The first-order chi connectivity index (χ1) is 8.36. The molecule has 0 unspecified atom stereocenters. The van der Waals surface area contributed by atoms with Crippen LogP contribution in [-0.2, 0) is 16.6 Å². The first kappa shape index (κ1) is 15.2. The van der Waals surface area contributed by atoms with Crippen LogP contribution < -0.4 is 10.5 Å². The van der Waals surface area contributed by atoms with Crippen LogP contribution in [-0.4, -0.2) is 15.0 Å². The molecule has 5 nitrogen and oxygen atoms in total. The summed E-state index contributed by atoms with van der Waals surface area (Å²) in [7, 11) is -3.48. The van der Waals surface area contributed by atoms with Gasteiger partial charge in [0.15, 0.2) is 0 Å². The fourth-order valence-corrected chi connectivity index (χ4v) is 2.96. The van der Waals surface area contributed by atoms with Crippen molar-refractivity contribution in [1.29, 1.82) is 0 Å². The van der Waals surface area contributed by atoms with Crippen molar-refractivity contribution in [3.8, 4) is 0 Å². The summed E-state index contributed by atoms with van der Waals surface area (Å²) in [5.74, 6) is 1.44. The second-order valence-electron chi connectivity index (χ2n) is 4.77. The van der Waals surface area contributed by atoms with E-state index in [1.165, 1.54) is 6.07 Å². The van der Waals surface area contributed by atoms with Crippen molar-refractivity contribution in [2.75, 3.05) is 6.54 Å². The molecule has 6 heteroatoms. The minimum Gasteiger partial charge on any atom is -0.464 e. The minimum absolute atomic E-state index is 0.187. The molecule has 3 N–H and O–H groups in total. The molecule has 1 aromatic rings. The number of aryl methyl sites for hydroxylation is 1. The molecule has 1 heterocycles. The topological polar surface area (TPSA) is 85.3 Å². The van der Waals surface area contributed by atoms with Gasteiger partial charge in [0.05, 0.1) is 6.54 Å². The highest BCUT2D eigenvalue weighted by atomic mass is 32.2. The van der Waals surface area contributed by atoms with Gasteiger partial charge in [-0.2, -0.15) is 0 Å². The Bertz CT molecular complexity index is 478. The third kappa shape index (κ3) is 4.12. The molecule has 0 aliphatic carbocycles. The standard InChI is InChI=1S/C12H22N2O3S/c1-9(2)5-4-6-14-18(15,16)12-7-11(8-13)17-10(12)3/h7,9,14H,4-6,8,13H2,1-3H3. The third-order valence-electron chi connectivity index (χ3n) is 2.66. The molecule has 0 amide bonds. The minimum atomic E-state index is -3.48. The van der Waals surface area contributed by atoms with Crippen molar-refractivity contribution >= 4 is 10.0 Å². The Labute approximate surface area is 109 Å². The molecule has 0 aliphatic rings. The van der Waals surface area contributed by atoms with Gasteiger partial charge in [-0.25, -0.2) is 13.1 Å². The van der Waals surface area contributed by atoms with Gasteiger partial charge < -0.3 is 10.2 Å². The number of rotatable bonds is 7. The first-order valence-corrected chi connectivity index (χ1v) is 7.64. The van der Waals surface area contributed by atoms with Gasteiger partial charge in [-0.3, -0.25) is 0 Å². The van der Waals surface area contributed by atoms with Crippen LogP contribution in [0, 0.1) is 12.8 Å². The summed E-state index contributed by atoms with van der Waals surface area (Å²) < 4.78 is 31.9. The van der Waals surface area contributed by atoms with Crippen LogP contribution in [0.2, 0.25) is 0 Å². The fraction of sp³-hybridized carbons (Fsp3) is 0.667. The Balaban J connectivity index is 2.65. The lowest BCUT2D eigenvalue weighted by Gasteiger charge is -2.06. The molecule has 0 bridgehead atoms. The maximum absolute atomic E-state index is 12.0. The molecule has 0 atom stereocenters. The van der Waals surface area contributed by atoms with Crippen LogP contribution in [0.4, 0.5) is 0 Å². The van der Waals surface area contributed by atoms with Crippen LogP contribution in [0.15, 0.2) is 15.4 Å². The molecule has 18 heavy (non-hydrogen) atoms. The van der Waals surface area contributed by atoms with E-state index in [0.29, 0.717) is 24.0 Å². The van der Waals surface area contributed by atoms with E-state index >= 15 is 0 Å². The molecule has 0 radical (unpaired) electrons. The van der Waals surface area contributed by atoms with Crippen LogP contribution >= 0.6 is 0 Å². The lowest BCUT2D eigenvalue weighted by atomic mass is 10.1. The second kappa shape index (κ2) is 6.36. The number of sulfonamides is 1. The predicted octanol–water partition coefficient (Wildman–Crippen LogP) is 1.76. The highest BCUT2D eigenvalue weighted by Crippen LogP contribution is 2.19. The Hall–Kier alpha value is -0.850. The normalized spacial score (nSPS) is 12.3. The van der Waals surface area contributed by atoms with E-state index < -0.39 is 10.0 Å². The fourth-order valence-electron chi connectivity index (χ4n) is 1.69. The van der Waals surface area contributed by atoms with Gasteiger partial charge >= 0.3 is 0 Å². The Morgan fingerprint density at radius 1 is 1.44 bits per heavy atom. The highest BCUT2D eigenvalue weighted by Gasteiger charge is 2.20. The molecule has 0 spiro atoms. The van der Waals surface area contributed by atoms with Crippen LogP contribution in [0.5, 0.6) is 0 Å². The van der Waals surface area contributed by atoms with E-state index in [0.717, 1.165) is 12.8 Å². The van der Waals surface area contributed by atoms with Gasteiger partial charge in [-0.15, -0.1) is 0 Å². The Kier molecular flexibility index (Phi) is 5.37. The average molecular weight is 274 g/mol. The summed E-state index contributed by atoms with van der Waals surface area (Å²) in [6.07, 6.45) is 1.83. The predicted molar refractivity (Wildman–Crippen MR) is 70.6 cm³/mol. The maximum atomic E-state index is 12.0. The summed E-state index contributed by atoms with van der Waals surface area (Å²) in [6.45, 7) is 6.50. The third-order valence-corrected chi connectivity index (χ3v) is 4.23. The summed E-state index contributed by atoms with van der Waals surface area (Å²) in [6, 6.07) is 1.49. The van der Waals surface area contributed by atoms with Crippen molar-refractivity contribution < 1.29 is 12.8 Å². The molecule has 1 aromatic heterocycles. The molecular formula is C12H22N2O3S. The number of hydrogen-bond donors (Lipinski definition) is 2. The Morgan fingerprint density at radius 2 is 2.11 bits per heavy atom. The van der Waals surface area contributed by atoms with Crippen molar-refractivity contribution in [3.63, 3.8) is 0 Å². The summed E-state index contributed by atoms with van der Waals surface area (Å²) in [5, 5.41) is 0. The molecule has 1 rings (SSSR count). The Morgan fingerprint density at radius 3 is 2.61 bits per heavy atom. The van der Waals surface area contributed by atoms with Crippen LogP contribution in [0.1, 0.15) is 38.2 Å². The van der Waals surface area contributed by atoms with Gasteiger partial charge in [0, 0.05) is 12.6 Å². The van der Waals surface area contributed by atoms with E-state index in [2.05, 4.69) is 18.6 Å². The molecule has 0 fully saturated rings. The van der Waals surface area contributed by atoms with Crippen molar-refractivity contribution in [1.82, 2.24) is 4.72 Å². The number of nitrogens with two attached hydrogens (primary N) is 1. The largest absolute Gasteiger partial charge is 0.464 e. The summed E-state index contributed by atoms with van der Waals surface area (Å²) in [5.41, 5.74) is 5.42. The van der Waals surface area contributed by atoms with Crippen LogP contribution in [0.25, 0.3) is 0 Å². The molecule has 0 saturated heterocycles. The van der Waals surface area contributed by atoms with Gasteiger partial charge in [0.25, 0.3) is 0 Å². The SMILES string of the molecule is Cc1oc(CN)cc1S(=O)(=O)NCCCC(C)C. The highest BCUT2D eigenvalue weighted by molar-refractivity contribution is 7.89. The smallest absolute Gasteiger partial charge is 0.244 e. The lowest BCUT2D eigenvalue weighted by molar-refractivity contribution is 0.478. The van der Waals surface area contributed by atoms with E-state index in [4.69, 9.17) is 10.2 Å². The van der Waals surface area contributed by atoms with E-state index in [-0.39, 0.29) is 11.4 Å². The molecule has 104 valence electrons. The van der Waals surface area contributed by atoms with Crippen molar-refractivity contribution in [2.24, 2.45) is 11.7 Å². The van der Waals surface area contributed by atoms with Gasteiger partial charge in [0.2, 0.25) is 10.0 Å². The first-order valence-electron chi connectivity index (χ1n) is 6.16. The van der Waals surface area contributed by atoms with Gasteiger partial charge in [0.1, 0.15) is 16.4 Å². The molecule has 0 saturated carbocycles. The number of nitrogens with one attached hydrogen (secondary N) is 1. The zero-order chi connectivity index (χ0) is 13.8. The van der Waals surface area contributed by atoms with Crippen molar-refractivity contribution in [3.05, 3.63) is 17.6 Å². The van der Waals surface area contributed by atoms with Gasteiger partial charge in [-0.05, 0) is 25.7 Å². The summed E-state index contributed by atoms with van der Waals surface area (Å²) >= 11 is 0. The maximum Gasteiger partial charge on any atom is 0.244 e. The second-order valence-corrected chi connectivity index (χ2v) is 6.51. The lowest BCUT2D eigenvalue weighted by Crippen LogP contribution is -2.25. The molecule has 0 aromatic carbocycles.